The lowest BCUT2D eigenvalue weighted by atomic mass is 9.86. The molecule has 116 valence electrons. The molecule has 1 saturated carbocycles. The van der Waals surface area contributed by atoms with E-state index in [4.69, 9.17) is 9.47 Å². The number of carboxylic acids is 1. The van der Waals surface area contributed by atoms with Gasteiger partial charge in [-0.1, -0.05) is 6.92 Å². The molecule has 4 nitrogen and oxygen atoms in total. The van der Waals surface area contributed by atoms with E-state index in [0.29, 0.717) is 17.4 Å². The molecular formula is C16H21BrO4. The first-order valence-electron chi connectivity index (χ1n) is 7.18. The normalized spacial score (nSPS) is 15.6. The first-order chi connectivity index (χ1) is 10.0. The zero-order valence-electron chi connectivity index (χ0n) is 12.6. The lowest BCUT2D eigenvalue weighted by Crippen LogP contribution is -2.12. The summed E-state index contributed by atoms with van der Waals surface area (Å²) in [6.45, 7) is 2.07. The van der Waals surface area contributed by atoms with E-state index in [-0.39, 0.29) is 12.3 Å². The molecule has 5 heteroatoms. The quantitative estimate of drug-likeness (QED) is 0.802. The Morgan fingerprint density at radius 3 is 2.52 bits per heavy atom. The van der Waals surface area contributed by atoms with E-state index in [1.54, 1.807) is 14.2 Å². The van der Waals surface area contributed by atoms with Crippen molar-refractivity contribution in [1.82, 2.24) is 0 Å². The number of halogens is 1. The number of benzene rings is 1. The maximum Gasteiger partial charge on any atom is 0.303 e. The molecule has 0 spiro atoms. The highest BCUT2D eigenvalue weighted by Crippen LogP contribution is 2.49. The molecule has 1 aromatic rings. The van der Waals surface area contributed by atoms with E-state index in [9.17, 15) is 9.90 Å². The summed E-state index contributed by atoms with van der Waals surface area (Å²) in [5, 5.41) is 9.21. The van der Waals surface area contributed by atoms with E-state index in [1.165, 1.54) is 0 Å². The van der Waals surface area contributed by atoms with Gasteiger partial charge in [0.15, 0.2) is 11.5 Å². The minimum Gasteiger partial charge on any atom is -0.493 e. The lowest BCUT2D eigenvalue weighted by molar-refractivity contribution is -0.137. The third-order valence-electron chi connectivity index (χ3n) is 4.09. The summed E-state index contributed by atoms with van der Waals surface area (Å²) in [5.74, 6) is 1.08. The molecule has 0 heterocycles. The first-order valence-corrected chi connectivity index (χ1v) is 7.97. The van der Waals surface area contributed by atoms with E-state index in [0.717, 1.165) is 34.9 Å². The zero-order chi connectivity index (χ0) is 15.6. The molecule has 0 aliphatic heterocycles. The van der Waals surface area contributed by atoms with Crippen LogP contribution in [-0.4, -0.2) is 25.3 Å². The van der Waals surface area contributed by atoms with Crippen LogP contribution in [0.25, 0.3) is 0 Å². The molecule has 0 aromatic heterocycles. The van der Waals surface area contributed by atoms with Crippen molar-refractivity contribution in [3.05, 3.63) is 21.7 Å². The molecule has 0 amide bonds. The average Bonchev–Trinajstić information content (AvgIpc) is 3.28. The Morgan fingerprint density at radius 1 is 1.43 bits per heavy atom. The fraction of sp³-hybridized carbons (Fsp3) is 0.562. The molecule has 0 radical (unpaired) electrons. The number of methoxy groups -OCH3 is 2. The molecule has 1 unspecified atom stereocenters. The van der Waals surface area contributed by atoms with Crippen LogP contribution in [0.5, 0.6) is 11.5 Å². The summed E-state index contributed by atoms with van der Waals surface area (Å²) >= 11 is 3.60. The van der Waals surface area contributed by atoms with Gasteiger partial charge in [0.05, 0.1) is 25.1 Å². The summed E-state index contributed by atoms with van der Waals surface area (Å²) in [4.78, 5) is 11.2. The maximum absolute atomic E-state index is 11.2. The molecule has 1 aliphatic carbocycles. The molecule has 1 aromatic carbocycles. The van der Waals surface area contributed by atoms with Crippen molar-refractivity contribution in [2.24, 2.45) is 5.92 Å². The molecule has 1 N–H and O–H groups in total. The SMILES string of the molecule is CCc1c(C(CC(=O)O)C2CC2)cc(OC)c(OC)c1Br. The van der Waals surface area contributed by atoms with Crippen LogP contribution in [0.15, 0.2) is 10.5 Å². The Balaban J connectivity index is 2.54. The number of carboxylic acid groups (broad SMARTS) is 1. The Kier molecular flexibility index (Phi) is 5.14. The van der Waals surface area contributed by atoms with Gasteiger partial charge in [0.1, 0.15) is 0 Å². The van der Waals surface area contributed by atoms with Crippen LogP contribution in [-0.2, 0) is 11.2 Å². The van der Waals surface area contributed by atoms with Crippen LogP contribution in [0.3, 0.4) is 0 Å². The van der Waals surface area contributed by atoms with Gasteiger partial charge in [-0.3, -0.25) is 4.79 Å². The van der Waals surface area contributed by atoms with Crippen molar-refractivity contribution >= 4 is 21.9 Å². The molecule has 0 bridgehead atoms. The van der Waals surface area contributed by atoms with Gasteiger partial charge in [0.2, 0.25) is 0 Å². The number of carbonyl (C=O) groups is 1. The Labute approximate surface area is 133 Å². The summed E-state index contributed by atoms with van der Waals surface area (Å²) in [6.07, 6.45) is 3.19. The van der Waals surface area contributed by atoms with Crippen molar-refractivity contribution < 1.29 is 19.4 Å². The minimum atomic E-state index is -0.750. The largest absolute Gasteiger partial charge is 0.493 e. The predicted molar refractivity (Wildman–Crippen MR) is 84.3 cm³/mol. The predicted octanol–water partition coefficient (Wildman–Crippen LogP) is 4.00. The lowest BCUT2D eigenvalue weighted by Gasteiger charge is -2.22. The highest BCUT2D eigenvalue weighted by Gasteiger charge is 2.36. The van der Waals surface area contributed by atoms with Gasteiger partial charge in [-0.25, -0.2) is 0 Å². The molecule has 0 saturated heterocycles. The number of ether oxygens (including phenoxy) is 2. The van der Waals surface area contributed by atoms with Gasteiger partial charge in [0, 0.05) is 0 Å². The molecule has 1 aliphatic rings. The second kappa shape index (κ2) is 6.69. The second-order valence-electron chi connectivity index (χ2n) is 5.39. The smallest absolute Gasteiger partial charge is 0.303 e. The van der Waals surface area contributed by atoms with Crippen LogP contribution in [0.2, 0.25) is 0 Å². The van der Waals surface area contributed by atoms with Gasteiger partial charge in [-0.05, 0) is 64.2 Å². The third-order valence-corrected chi connectivity index (χ3v) is 4.92. The highest BCUT2D eigenvalue weighted by atomic mass is 79.9. The van der Waals surface area contributed by atoms with Gasteiger partial charge in [-0.15, -0.1) is 0 Å². The third kappa shape index (κ3) is 3.34. The minimum absolute atomic E-state index is 0.0496. The van der Waals surface area contributed by atoms with E-state index >= 15 is 0 Å². The molecule has 1 fully saturated rings. The van der Waals surface area contributed by atoms with Crippen LogP contribution in [0.1, 0.15) is 43.2 Å². The molecule has 21 heavy (non-hydrogen) atoms. The van der Waals surface area contributed by atoms with Crippen molar-refractivity contribution in [2.75, 3.05) is 14.2 Å². The first kappa shape index (κ1) is 16.1. The maximum atomic E-state index is 11.2. The van der Waals surface area contributed by atoms with Crippen molar-refractivity contribution in [3.63, 3.8) is 0 Å². The van der Waals surface area contributed by atoms with Crippen molar-refractivity contribution in [1.29, 1.82) is 0 Å². The molecule has 2 rings (SSSR count). The number of hydrogen-bond donors (Lipinski definition) is 1. The van der Waals surface area contributed by atoms with Crippen LogP contribution in [0.4, 0.5) is 0 Å². The number of rotatable bonds is 7. The monoisotopic (exact) mass is 356 g/mol. The van der Waals surface area contributed by atoms with Crippen LogP contribution >= 0.6 is 15.9 Å². The fourth-order valence-electron chi connectivity index (χ4n) is 2.92. The van der Waals surface area contributed by atoms with Crippen LogP contribution < -0.4 is 9.47 Å². The van der Waals surface area contributed by atoms with Crippen molar-refractivity contribution in [2.45, 2.75) is 38.5 Å². The summed E-state index contributed by atoms with van der Waals surface area (Å²) in [6, 6.07) is 1.95. The molecular weight excluding hydrogens is 336 g/mol. The number of hydrogen-bond acceptors (Lipinski definition) is 3. The van der Waals surface area contributed by atoms with E-state index in [1.807, 2.05) is 6.07 Å². The number of aliphatic carboxylic acids is 1. The Morgan fingerprint density at radius 2 is 2.10 bits per heavy atom. The standard InChI is InChI=1S/C16H21BrO4/c1-4-10-12(11(8-14(18)19)9-5-6-9)7-13(20-2)16(21-3)15(10)17/h7,9,11H,4-6,8H2,1-3H3,(H,18,19). The highest BCUT2D eigenvalue weighted by molar-refractivity contribution is 9.10. The Hall–Kier alpha value is -1.23. The average molecular weight is 357 g/mol. The van der Waals surface area contributed by atoms with Crippen molar-refractivity contribution in [3.8, 4) is 11.5 Å². The topological polar surface area (TPSA) is 55.8 Å². The zero-order valence-corrected chi connectivity index (χ0v) is 14.2. The van der Waals surface area contributed by atoms with Gasteiger partial charge in [0.25, 0.3) is 0 Å². The summed E-state index contributed by atoms with van der Waals surface area (Å²) in [7, 11) is 3.21. The van der Waals surface area contributed by atoms with Gasteiger partial charge >= 0.3 is 5.97 Å². The molecule has 1 atom stereocenters. The Bertz CT molecular complexity index is 538. The summed E-state index contributed by atoms with van der Waals surface area (Å²) < 4.78 is 11.7. The van der Waals surface area contributed by atoms with Gasteiger partial charge in [-0.2, -0.15) is 0 Å². The second-order valence-corrected chi connectivity index (χ2v) is 6.18. The van der Waals surface area contributed by atoms with E-state index in [2.05, 4.69) is 22.9 Å². The fourth-order valence-corrected chi connectivity index (χ4v) is 3.78. The van der Waals surface area contributed by atoms with E-state index < -0.39 is 5.97 Å². The van der Waals surface area contributed by atoms with Crippen LogP contribution in [0, 0.1) is 5.92 Å². The summed E-state index contributed by atoms with van der Waals surface area (Å²) in [5.41, 5.74) is 2.19. The van der Waals surface area contributed by atoms with Gasteiger partial charge < -0.3 is 14.6 Å².